The summed E-state index contributed by atoms with van der Waals surface area (Å²) in [7, 11) is 0. The van der Waals surface area contributed by atoms with Gasteiger partial charge in [0.05, 0.1) is 11.0 Å². The Morgan fingerprint density at radius 2 is 2.26 bits per heavy atom. The van der Waals surface area contributed by atoms with Crippen LogP contribution in [-0.2, 0) is 17.8 Å². The third-order valence-electron chi connectivity index (χ3n) is 3.05. The second-order valence-corrected chi connectivity index (χ2v) is 4.83. The second-order valence-electron chi connectivity index (χ2n) is 4.45. The zero-order valence-corrected chi connectivity index (χ0v) is 12.0. The number of nitrogens with one attached hydrogen (secondary N) is 1. The fraction of sp³-hybridized carbons (Fsp3) is 0.429. The number of amides is 1. The highest BCUT2D eigenvalue weighted by atomic mass is 35.5. The summed E-state index contributed by atoms with van der Waals surface area (Å²) in [5.74, 6) is 1.36. The van der Waals surface area contributed by atoms with Crippen LogP contribution in [0.1, 0.15) is 18.3 Å². The van der Waals surface area contributed by atoms with Crippen molar-refractivity contribution >= 4 is 28.5 Å². The van der Waals surface area contributed by atoms with Crippen LogP contribution in [0.5, 0.6) is 0 Å². The molecule has 19 heavy (non-hydrogen) atoms. The molecule has 0 fully saturated rings. The van der Waals surface area contributed by atoms with E-state index in [2.05, 4.69) is 10.3 Å². The van der Waals surface area contributed by atoms with Gasteiger partial charge >= 0.3 is 0 Å². The second kappa shape index (κ2) is 6.06. The number of aromatic nitrogens is 2. The molecule has 0 saturated carbocycles. The molecule has 2 rings (SSSR count). The number of rotatable bonds is 5. The van der Waals surface area contributed by atoms with Crippen LogP contribution in [0.25, 0.3) is 11.0 Å². The summed E-state index contributed by atoms with van der Waals surface area (Å²) in [6.45, 7) is 4.86. The minimum absolute atomic E-state index is 0.000807. The summed E-state index contributed by atoms with van der Waals surface area (Å²) in [5, 5.41) is 2.81. The Morgan fingerprint density at radius 1 is 1.47 bits per heavy atom. The number of hydrogen-bond acceptors (Lipinski definition) is 2. The van der Waals surface area contributed by atoms with Crippen LogP contribution < -0.4 is 5.32 Å². The predicted molar refractivity (Wildman–Crippen MR) is 77.6 cm³/mol. The lowest BCUT2D eigenvalue weighted by Crippen LogP contribution is -2.27. The number of likely N-dealkylation sites (N-methyl/N-ethyl adjacent to an activating group) is 1. The van der Waals surface area contributed by atoms with Crippen LogP contribution >= 0.6 is 11.6 Å². The number of benzene rings is 1. The van der Waals surface area contributed by atoms with Crippen molar-refractivity contribution in [3.8, 4) is 0 Å². The van der Waals surface area contributed by atoms with E-state index in [-0.39, 0.29) is 5.91 Å². The average molecular weight is 280 g/mol. The molecule has 4 nitrogen and oxygen atoms in total. The first kappa shape index (κ1) is 13.9. The minimum Gasteiger partial charge on any atom is -0.355 e. The van der Waals surface area contributed by atoms with E-state index in [4.69, 9.17) is 11.6 Å². The molecular formula is C14H18ClN3O. The average Bonchev–Trinajstić information content (AvgIpc) is 2.71. The van der Waals surface area contributed by atoms with Crippen molar-refractivity contribution < 1.29 is 4.79 Å². The third-order valence-corrected chi connectivity index (χ3v) is 3.24. The molecule has 0 aliphatic heterocycles. The van der Waals surface area contributed by atoms with Gasteiger partial charge in [-0.3, -0.25) is 4.79 Å². The standard InChI is InChI=1S/C14H18ClN3O/c1-3-16-13(19)9-18-11-6-4-5-10(2)14(11)17-12(18)7-8-15/h4-6H,3,7-9H2,1-2H3,(H,16,19). The maximum absolute atomic E-state index is 11.8. The van der Waals surface area contributed by atoms with Crippen molar-refractivity contribution in [2.75, 3.05) is 12.4 Å². The molecule has 0 spiro atoms. The molecule has 1 amide bonds. The summed E-state index contributed by atoms with van der Waals surface area (Å²) in [6.07, 6.45) is 0.662. The number of halogens is 1. The van der Waals surface area contributed by atoms with E-state index in [0.717, 1.165) is 22.4 Å². The number of alkyl halides is 1. The number of carbonyl (C=O) groups excluding carboxylic acids is 1. The van der Waals surface area contributed by atoms with Crippen LogP contribution in [-0.4, -0.2) is 27.9 Å². The number of para-hydroxylation sites is 1. The number of imidazole rings is 1. The molecule has 0 atom stereocenters. The summed E-state index contributed by atoms with van der Waals surface area (Å²) in [5.41, 5.74) is 3.06. The predicted octanol–water partition coefficient (Wildman–Crippen LogP) is 2.26. The monoisotopic (exact) mass is 279 g/mol. The molecular weight excluding hydrogens is 262 g/mol. The van der Waals surface area contributed by atoms with Gasteiger partial charge in [-0.15, -0.1) is 11.6 Å². The largest absolute Gasteiger partial charge is 0.355 e. The van der Waals surface area contributed by atoms with E-state index in [1.807, 2.05) is 36.6 Å². The first-order chi connectivity index (χ1) is 9.17. The topological polar surface area (TPSA) is 46.9 Å². The summed E-state index contributed by atoms with van der Waals surface area (Å²) >= 11 is 5.82. The molecule has 0 bridgehead atoms. The number of aryl methyl sites for hydroxylation is 2. The van der Waals surface area contributed by atoms with Gasteiger partial charge in [-0.05, 0) is 25.5 Å². The lowest BCUT2D eigenvalue weighted by atomic mass is 10.2. The first-order valence-corrected chi connectivity index (χ1v) is 6.98. The SMILES string of the molecule is CCNC(=O)Cn1c(CCCl)nc2c(C)cccc21. The molecule has 1 aromatic heterocycles. The van der Waals surface area contributed by atoms with Crippen LogP contribution in [0, 0.1) is 6.92 Å². The molecule has 5 heteroatoms. The Bertz CT molecular complexity index is 592. The van der Waals surface area contributed by atoms with Crippen molar-refractivity contribution in [2.24, 2.45) is 0 Å². The van der Waals surface area contributed by atoms with Crippen molar-refractivity contribution in [1.29, 1.82) is 0 Å². The molecule has 1 heterocycles. The van der Waals surface area contributed by atoms with Crippen molar-refractivity contribution in [2.45, 2.75) is 26.8 Å². The van der Waals surface area contributed by atoms with Crippen molar-refractivity contribution in [3.63, 3.8) is 0 Å². The maximum atomic E-state index is 11.8. The smallest absolute Gasteiger partial charge is 0.239 e. The molecule has 1 N–H and O–H groups in total. The fourth-order valence-corrected chi connectivity index (χ4v) is 2.35. The van der Waals surface area contributed by atoms with Crippen LogP contribution in [0.15, 0.2) is 18.2 Å². The number of carbonyl (C=O) groups is 1. The van der Waals surface area contributed by atoms with Crippen LogP contribution in [0.2, 0.25) is 0 Å². The zero-order valence-electron chi connectivity index (χ0n) is 11.2. The molecule has 0 aliphatic carbocycles. The van der Waals surface area contributed by atoms with E-state index in [9.17, 15) is 4.79 Å². The quantitative estimate of drug-likeness (QED) is 0.854. The number of nitrogens with zero attached hydrogens (tertiary/aromatic N) is 2. The van der Waals surface area contributed by atoms with Gasteiger partial charge in [-0.2, -0.15) is 0 Å². The molecule has 102 valence electrons. The maximum Gasteiger partial charge on any atom is 0.239 e. The van der Waals surface area contributed by atoms with Crippen LogP contribution in [0.3, 0.4) is 0 Å². The zero-order chi connectivity index (χ0) is 13.8. The third kappa shape index (κ3) is 2.89. The molecule has 0 saturated heterocycles. The number of fused-ring (bicyclic) bond motifs is 1. The highest BCUT2D eigenvalue weighted by molar-refractivity contribution is 6.17. The van der Waals surface area contributed by atoms with Gasteiger partial charge in [0, 0.05) is 18.8 Å². The van der Waals surface area contributed by atoms with Gasteiger partial charge in [0.15, 0.2) is 0 Å². The van der Waals surface area contributed by atoms with Gasteiger partial charge in [-0.1, -0.05) is 12.1 Å². The lowest BCUT2D eigenvalue weighted by Gasteiger charge is -2.08. The highest BCUT2D eigenvalue weighted by Gasteiger charge is 2.13. The molecule has 2 aromatic rings. The summed E-state index contributed by atoms with van der Waals surface area (Å²) in [4.78, 5) is 16.4. The molecule has 0 unspecified atom stereocenters. The van der Waals surface area contributed by atoms with E-state index >= 15 is 0 Å². The van der Waals surface area contributed by atoms with Crippen LogP contribution in [0.4, 0.5) is 0 Å². The lowest BCUT2D eigenvalue weighted by molar-refractivity contribution is -0.121. The van der Waals surface area contributed by atoms with Gasteiger partial charge < -0.3 is 9.88 Å². The highest BCUT2D eigenvalue weighted by Crippen LogP contribution is 2.20. The Hall–Kier alpha value is -1.55. The van der Waals surface area contributed by atoms with Gasteiger partial charge in [0.25, 0.3) is 0 Å². The fourth-order valence-electron chi connectivity index (χ4n) is 2.18. The van der Waals surface area contributed by atoms with Gasteiger partial charge in [0.1, 0.15) is 12.4 Å². The van der Waals surface area contributed by atoms with Gasteiger partial charge in [-0.25, -0.2) is 4.98 Å². The normalized spacial score (nSPS) is 10.9. The Labute approximate surface area is 117 Å². The van der Waals surface area contributed by atoms with E-state index in [1.54, 1.807) is 0 Å². The minimum atomic E-state index is -0.000807. The molecule has 0 aliphatic rings. The van der Waals surface area contributed by atoms with Crippen molar-refractivity contribution in [1.82, 2.24) is 14.9 Å². The Kier molecular flexibility index (Phi) is 4.43. The van der Waals surface area contributed by atoms with E-state index in [1.165, 1.54) is 0 Å². The Balaban J connectivity index is 2.46. The van der Waals surface area contributed by atoms with E-state index < -0.39 is 0 Å². The Morgan fingerprint density at radius 3 is 2.95 bits per heavy atom. The summed E-state index contributed by atoms with van der Waals surface area (Å²) < 4.78 is 1.95. The number of hydrogen-bond donors (Lipinski definition) is 1. The first-order valence-electron chi connectivity index (χ1n) is 6.44. The van der Waals surface area contributed by atoms with Gasteiger partial charge in [0.2, 0.25) is 5.91 Å². The van der Waals surface area contributed by atoms with E-state index in [0.29, 0.717) is 25.4 Å². The van der Waals surface area contributed by atoms with Crippen molar-refractivity contribution in [3.05, 3.63) is 29.6 Å². The molecule has 1 aromatic carbocycles. The summed E-state index contributed by atoms with van der Waals surface area (Å²) in [6, 6.07) is 6.00. The molecule has 0 radical (unpaired) electrons.